The highest BCUT2D eigenvalue weighted by Gasteiger charge is 2.35. The molecule has 1 aromatic rings. The molecule has 6 heteroatoms. The van der Waals surface area contributed by atoms with Crippen LogP contribution < -0.4 is 5.73 Å². The minimum Gasteiger partial charge on any atom is -0.342 e. The van der Waals surface area contributed by atoms with Crippen LogP contribution in [0.3, 0.4) is 0 Å². The van der Waals surface area contributed by atoms with Gasteiger partial charge in [-0.2, -0.15) is 4.98 Å². The zero-order valence-corrected chi connectivity index (χ0v) is 15.0. The molecule has 0 radical (unpaired) electrons. The molecule has 1 amide bonds. The number of nitrogens with zero attached hydrogens (tertiary/aromatic N) is 3. The highest BCUT2D eigenvalue weighted by atomic mass is 16.5. The molecule has 0 aromatic carbocycles. The molecule has 3 fully saturated rings. The molecule has 0 bridgehead atoms. The highest BCUT2D eigenvalue weighted by Crippen LogP contribution is 2.33. The van der Waals surface area contributed by atoms with Gasteiger partial charge in [-0.25, -0.2) is 0 Å². The predicted octanol–water partition coefficient (Wildman–Crippen LogP) is 2.64. The lowest BCUT2D eigenvalue weighted by Gasteiger charge is -2.34. The van der Waals surface area contributed by atoms with Gasteiger partial charge in [0, 0.05) is 31.5 Å². The monoisotopic (exact) mass is 346 g/mol. The molecule has 2 aliphatic carbocycles. The Morgan fingerprint density at radius 2 is 1.84 bits per heavy atom. The van der Waals surface area contributed by atoms with Crippen molar-refractivity contribution in [3.63, 3.8) is 0 Å². The van der Waals surface area contributed by atoms with Gasteiger partial charge in [0.25, 0.3) is 0 Å². The molecule has 2 N–H and O–H groups in total. The summed E-state index contributed by atoms with van der Waals surface area (Å²) in [6, 6.07) is 0.0672. The fourth-order valence-corrected chi connectivity index (χ4v) is 4.84. The summed E-state index contributed by atoms with van der Waals surface area (Å²) in [5.41, 5.74) is 6.09. The number of rotatable bonds is 4. The van der Waals surface area contributed by atoms with E-state index in [1.54, 1.807) is 0 Å². The van der Waals surface area contributed by atoms with E-state index < -0.39 is 0 Å². The zero-order chi connectivity index (χ0) is 17.2. The molecule has 1 aliphatic heterocycles. The third kappa shape index (κ3) is 3.73. The minimum absolute atomic E-state index is 0.0569. The van der Waals surface area contributed by atoms with E-state index in [4.69, 9.17) is 10.3 Å². The van der Waals surface area contributed by atoms with Gasteiger partial charge >= 0.3 is 0 Å². The second-order valence-electron chi connectivity index (χ2n) is 8.20. The van der Waals surface area contributed by atoms with Crippen molar-refractivity contribution >= 4 is 5.91 Å². The summed E-state index contributed by atoms with van der Waals surface area (Å²) < 4.78 is 5.49. The summed E-state index contributed by atoms with van der Waals surface area (Å²) in [7, 11) is 0. The maximum Gasteiger partial charge on any atom is 0.227 e. The van der Waals surface area contributed by atoms with Gasteiger partial charge in [0.1, 0.15) is 0 Å². The van der Waals surface area contributed by atoms with E-state index in [9.17, 15) is 4.79 Å². The summed E-state index contributed by atoms with van der Waals surface area (Å²) in [4.78, 5) is 19.3. The van der Waals surface area contributed by atoms with Gasteiger partial charge in [0.15, 0.2) is 5.82 Å². The smallest absolute Gasteiger partial charge is 0.227 e. The molecular formula is C19H30N4O2. The third-order valence-corrected chi connectivity index (χ3v) is 6.48. The van der Waals surface area contributed by atoms with Crippen LogP contribution in [0, 0.1) is 11.8 Å². The minimum atomic E-state index is 0.0569. The lowest BCUT2D eigenvalue weighted by molar-refractivity contribution is -0.137. The number of hydrogen-bond donors (Lipinski definition) is 1. The van der Waals surface area contributed by atoms with Crippen LogP contribution in [0.15, 0.2) is 4.52 Å². The number of carbonyl (C=O) groups is 1. The lowest BCUT2D eigenvalue weighted by atomic mass is 9.92. The predicted molar refractivity (Wildman–Crippen MR) is 93.8 cm³/mol. The Labute approximate surface area is 149 Å². The van der Waals surface area contributed by atoms with Gasteiger partial charge in [-0.15, -0.1) is 0 Å². The van der Waals surface area contributed by atoms with Gasteiger partial charge in [0.05, 0.1) is 5.92 Å². The molecule has 2 heterocycles. The van der Waals surface area contributed by atoms with E-state index >= 15 is 0 Å². The van der Waals surface area contributed by atoms with E-state index in [1.807, 2.05) is 4.90 Å². The first kappa shape index (κ1) is 17.0. The SMILES string of the molecule is N[C@@H]1CCC[C@@H]1C(=O)N1CCC(Cc2nc(C3CCCC3)no2)CC1. The van der Waals surface area contributed by atoms with Crippen molar-refractivity contribution in [2.75, 3.05) is 13.1 Å². The van der Waals surface area contributed by atoms with Crippen LogP contribution in [0.1, 0.15) is 75.4 Å². The second-order valence-corrected chi connectivity index (χ2v) is 8.20. The standard InChI is InChI=1S/C19H30N4O2/c20-16-7-3-6-15(16)19(24)23-10-8-13(9-11-23)12-17-21-18(22-25-17)14-4-1-2-5-14/h13-16H,1-12,20H2/t15-,16+/m0/s1. The van der Waals surface area contributed by atoms with Gasteiger partial charge in [-0.3, -0.25) is 4.79 Å². The Morgan fingerprint density at radius 1 is 1.08 bits per heavy atom. The summed E-state index contributed by atoms with van der Waals surface area (Å²) in [5, 5.41) is 4.20. The number of piperidine rings is 1. The van der Waals surface area contributed by atoms with Gasteiger partial charge in [0.2, 0.25) is 11.8 Å². The van der Waals surface area contributed by atoms with Gasteiger partial charge < -0.3 is 15.2 Å². The third-order valence-electron chi connectivity index (χ3n) is 6.48. The van der Waals surface area contributed by atoms with Gasteiger partial charge in [-0.1, -0.05) is 24.4 Å². The molecule has 0 unspecified atom stereocenters. The average Bonchev–Trinajstić information content (AvgIpc) is 3.36. The normalized spacial score (nSPS) is 28.8. The van der Waals surface area contributed by atoms with Crippen molar-refractivity contribution < 1.29 is 9.32 Å². The molecule has 3 aliphatic rings. The largest absolute Gasteiger partial charge is 0.342 e. The Kier molecular flexibility index (Phi) is 5.06. The molecule has 1 saturated heterocycles. The Balaban J connectivity index is 1.27. The van der Waals surface area contributed by atoms with Crippen LogP contribution in [0.4, 0.5) is 0 Å². The van der Waals surface area contributed by atoms with Gasteiger partial charge in [-0.05, 0) is 44.4 Å². The van der Waals surface area contributed by atoms with E-state index in [1.165, 1.54) is 25.7 Å². The first-order valence-electron chi connectivity index (χ1n) is 10.1. The van der Waals surface area contributed by atoms with E-state index in [0.29, 0.717) is 11.8 Å². The molecular weight excluding hydrogens is 316 g/mol. The van der Waals surface area contributed by atoms with Crippen molar-refractivity contribution in [3.05, 3.63) is 11.7 Å². The molecule has 4 rings (SSSR count). The quantitative estimate of drug-likeness (QED) is 0.906. The topological polar surface area (TPSA) is 85.3 Å². The molecule has 6 nitrogen and oxygen atoms in total. The Hall–Kier alpha value is -1.43. The molecule has 2 saturated carbocycles. The first-order chi connectivity index (χ1) is 12.2. The van der Waals surface area contributed by atoms with Crippen LogP contribution in [-0.2, 0) is 11.2 Å². The maximum atomic E-state index is 12.6. The number of carbonyl (C=O) groups excluding carboxylic acids is 1. The fourth-order valence-electron chi connectivity index (χ4n) is 4.84. The summed E-state index contributed by atoms with van der Waals surface area (Å²) >= 11 is 0. The fraction of sp³-hybridized carbons (Fsp3) is 0.842. The number of hydrogen-bond acceptors (Lipinski definition) is 5. The zero-order valence-electron chi connectivity index (χ0n) is 15.0. The van der Waals surface area contributed by atoms with E-state index in [2.05, 4.69) is 10.1 Å². The maximum absolute atomic E-state index is 12.6. The molecule has 2 atom stereocenters. The summed E-state index contributed by atoms with van der Waals surface area (Å²) in [6.45, 7) is 1.69. The second kappa shape index (κ2) is 7.44. The van der Waals surface area contributed by atoms with Crippen LogP contribution >= 0.6 is 0 Å². The number of amides is 1. The number of nitrogens with two attached hydrogens (primary N) is 1. The van der Waals surface area contributed by atoms with Crippen LogP contribution in [-0.4, -0.2) is 40.1 Å². The number of likely N-dealkylation sites (tertiary alicyclic amines) is 1. The Morgan fingerprint density at radius 3 is 2.52 bits per heavy atom. The van der Waals surface area contributed by atoms with E-state index in [-0.39, 0.29) is 17.9 Å². The molecule has 138 valence electrons. The van der Waals surface area contributed by atoms with E-state index in [0.717, 1.165) is 63.3 Å². The van der Waals surface area contributed by atoms with Crippen molar-refractivity contribution in [1.29, 1.82) is 0 Å². The molecule has 1 aromatic heterocycles. The van der Waals surface area contributed by atoms with Crippen molar-refractivity contribution in [3.8, 4) is 0 Å². The van der Waals surface area contributed by atoms with Crippen molar-refractivity contribution in [2.45, 2.75) is 76.2 Å². The van der Waals surface area contributed by atoms with Crippen molar-refractivity contribution in [2.24, 2.45) is 17.6 Å². The van der Waals surface area contributed by atoms with Crippen LogP contribution in [0.25, 0.3) is 0 Å². The highest BCUT2D eigenvalue weighted by molar-refractivity contribution is 5.80. The summed E-state index contributed by atoms with van der Waals surface area (Å²) in [5.74, 6) is 3.08. The average molecular weight is 346 g/mol. The number of aromatic nitrogens is 2. The van der Waals surface area contributed by atoms with Crippen LogP contribution in [0.2, 0.25) is 0 Å². The molecule has 0 spiro atoms. The molecule has 25 heavy (non-hydrogen) atoms. The summed E-state index contributed by atoms with van der Waals surface area (Å²) in [6.07, 6.45) is 10.9. The lowest BCUT2D eigenvalue weighted by Crippen LogP contribution is -2.45. The van der Waals surface area contributed by atoms with Crippen molar-refractivity contribution in [1.82, 2.24) is 15.0 Å². The van der Waals surface area contributed by atoms with Crippen LogP contribution in [0.5, 0.6) is 0 Å². The Bertz CT molecular complexity index is 588. The first-order valence-corrected chi connectivity index (χ1v) is 10.1.